The molecule has 220 valence electrons. The van der Waals surface area contributed by atoms with E-state index < -0.39 is 0 Å². The van der Waals surface area contributed by atoms with Gasteiger partial charge in [0.1, 0.15) is 47.4 Å². The smallest absolute Gasteiger partial charge is 0.252 e. The van der Waals surface area contributed by atoms with Crippen molar-refractivity contribution < 1.29 is 9.47 Å². The summed E-state index contributed by atoms with van der Waals surface area (Å²) in [7, 11) is 2.86. The molecular weight excluding hydrogens is 574 g/mol. The van der Waals surface area contributed by atoms with Crippen LogP contribution >= 0.6 is 11.6 Å². The normalized spacial score (nSPS) is 12.5. The lowest BCUT2D eigenvalue weighted by Gasteiger charge is -2.22. The van der Waals surface area contributed by atoms with Gasteiger partial charge in [-0.25, -0.2) is 29.9 Å². The fourth-order valence-electron chi connectivity index (χ4n) is 4.13. The lowest BCUT2D eigenvalue weighted by molar-refractivity contribution is 0.373. The van der Waals surface area contributed by atoms with E-state index in [1.165, 1.54) is 77.4 Å². The summed E-state index contributed by atoms with van der Waals surface area (Å²) in [6.07, 6.45) is 12.2. The van der Waals surface area contributed by atoms with E-state index in [4.69, 9.17) is 31.6 Å². The van der Waals surface area contributed by atoms with Crippen molar-refractivity contribution >= 4 is 40.7 Å². The summed E-state index contributed by atoms with van der Waals surface area (Å²) in [6.45, 7) is 0.931. The monoisotopic (exact) mass is 601 g/mol. The molecule has 0 saturated heterocycles. The van der Waals surface area contributed by atoms with Crippen molar-refractivity contribution in [3.63, 3.8) is 0 Å². The van der Waals surface area contributed by atoms with Gasteiger partial charge in [0.2, 0.25) is 11.4 Å². The maximum atomic E-state index is 8.95. The second-order valence-electron chi connectivity index (χ2n) is 9.10. The van der Waals surface area contributed by atoms with Crippen LogP contribution in [0.5, 0.6) is 11.8 Å². The topological polar surface area (TPSA) is 205 Å². The molecule has 16 heteroatoms. The summed E-state index contributed by atoms with van der Waals surface area (Å²) in [5, 5.41) is 27.3. The van der Waals surface area contributed by atoms with E-state index >= 15 is 0 Å². The largest absolute Gasteiger partial charge is 0.479 e. The van der Waals surface area contributed by atoms with Gasteiger partial charge >= 0.3 is 0 Å². The molecular formula is C27H28ClN13O2. The van der Waals surface area contributed by atoms with Crippen LogP contribution in [0.1, 0.15) is 43.5 Å². The van der Waals surface area contributed by atoms with Gasteiger partial charge < -0.3 is 25.4 Å². The Bertz CT molecular complexity index is 1600. The first kappa shape index (κ1) is 30.5. The number of hydrogen-bond acceptors (Lipinski definition) is 15. The standard InChI is InChI=1S/C17H21N7O.C10H7ClN6O/c1-25-17-13(8-18)19-10-16(24-17)23-15-7-14(21-11-22-15)20-9-12-5-3-2-4-6-12;1-18-10-6(3-12)13-4-9(17-10)16-8-2-7(11)14-5-15-8/h7,10-12H,2-6,9H2,1H3,(H2,20,21,22,23,24);2,4-5H,1H3,(H,14,15,16,17). The molecule has 0 radical (unpaired) electrons. The summed E-state index contributed by atoms with van der Waals surface area (Å²) in [5.74, 6) is 3.72. The van der Waals surface area contributed by atoms with Crippen LogP contribution in [-0.2, 0) is 0 Å². The van der Waals surface area contributed by atoms with Crippen LogP contribution in [0.15, 0.2) is 37.2 Å². The number of nitriles is 2. The van der Waals surface area contributed by atoms with Gasteiger partial charge in [-0.2, -0.15) is 20.5 Å². The zero-order valence-electron chi connectivity index (χ0n) is 23.5. The molecule has 0 aromatic carbocycles. The van der Waals surface area contributed by atoms with Crippen LogP contribution in [0.2, 0.25) is 5.15 Å². The van der Waals surface area contributed by atoms with Crippen molar-refractivity contribution in [3.05, 3.63) is 53.7 Å². The van der Waals surface area contributed by atoms with Crippen molar-refractivity contribution in [2.75, 3.05) is 36.7 Å². The van der Waals surface area contributed by atoms with E-state index in [9.17, 15) is 0 Å². The molecule has 0 spiro atoms. The molecule has 0 atom stereocenters. The molecule has 15 nitrogen and oxygen atoms in total. The van der Waals surface area contributed by atoms with E-state index in [2.05, 4.69) is 55.8 Å². The Labute approximate surface area is 252 Å². The number of nitrogens with one attached hydrogen (secondary N) is 3. The molecule has 0 unspecified atom stereocenters. The van der Waals surface area contributed by atoms with Crippen LogP contribution < -0.4 is 25.4 Å². The number of aromatic nitrogens is 8. The zero-order chi connectivity index (χ0) is 30.4. The Balaban J connectivity index is 0.000000208. The molecule has 1 aliphatic rings. The third-order valence-electron chi connectivity index (χ3n) is 6.19. The fourth-order valence-corrected chi connectivity index (χ4v) is 4.28. The predicted molar refractivity (Wildman–Crippen MR) is 157 cm³/mol. The van der Waals surface area contributed by atoms with Crippen molar-refractivity contribution in [1.29, 1.82) is 10.5 Å². The second kappa shape index (κ2) is 15.6. The highest BCUT2D eigenvalue weighted by atomic mass is 35.5. The number of ether oxygens (including phenoxy) is 2. The van der Waals surface area contributed by atoms with Gasteiger partial charge in [-0.3, -0.25) is 0 Å². The highest BCUT2D eigenvalue weighted by molar-refractivity contribution is 6.29. The third kappa shape index (κ3) is 9.04. The molecule has 0 amide bonds. The zero-order valence-corrected chi connectivity index (χ0v) is 24.2. The summed E-state index contributed by atoms with van der Waals surface area (Å²) >= 11 is 5.72. The minimum absolute atomic E-state index is 0.115. The lowest BCUT2D eigenvalue weighted by Crippen LogP contribution is -2.17. The first-order valence-electron chi connectivity index (χ1n) is 13.2. The van der Waals surface area contributed by atoms with Crippen LogP contribution in [0, 0.1) is 28.6 Å². The average molecular weight is 602 g/mol. The van der Waals surface area contributed by atoms with Crippen LogP contribution in [0.25, 0.3) is 0 Å². The summed E-state index contributed by atoms with van der Waals surface area (Å²) in [4.78, 5) is 32.3. The third-order valence-corrected chi connectivity index (χ3v) is 6.40. The molecule has 4 aromatic rings. The maximum absolute atomic E-state index is 8.95. The fraction of sp³-hybridized carbons (Fsp3) is 0.333. The molecule has 1 saturated carbocycles. The number of anilines is 5. The van der Waals surface area contributed by atoms with Crippen LogP contribution in [0.4, 0.5) is 29.1 Å². The average Bonchev–Trinajstić information content (AvgIpc) is 3.04. The van der Waals surface area contributed by atoms with Crippen molar-refractivity contribution in [2.45, 2.75) is 32.1 Å². The molecule has 5 rings (SSSR count). The van der Waals surface area contributed by atoms with Gasteiger partial charge in [-0.1, -0.05) is 30.9 Å². The highest BCUT2D eigenvalue weighted by Gasteiger charge is 2.14. The van der Waals surface area contributed by atoms with E-state index in [0.29, 0.717) is 34.3 Å². The quantitative estimate of drug-likeness (QED) is 0.227. The van der Waals surface area contributed by atoms with Gasteiger partial charge in [0.15, 0.2) is 11.6 Å². The Morgan fingerprint density at radius 3 is 1.81 bits per heavy atom. The molecule has 3 N–H and O–H groups in total. The first-order valence-corrected chi connectivity index (χ1v) is 13.6. The van der Waals surface area contributed by atoms with E-state index in [1.54, 1.807) is 0 Å². The van der Waals surface area contributed by atoms with E-state index in [1.807, 2.05) is 18.2 Å². The Kier molecular flexibility index (Phi) is 11.0. The van der Waals surface area contributed by atoms with E-state index in [0.717, 1.165) is 12.4 Å². The number of rotatable bonds is 9. The molecule has 4 heterocycles. The van der Waals surface area contributed by atoms with Gasteiger partial charge in [-0.15, -0.1) is 0 Å². The molecule has 1 fully saturated rings. The van der Waals surface area contributed by atoms with Crippen molar-refractivity contribution in [1.82, 2.24) is 39.9 Å². The van der Waals surface area contributed by atoms with Gasteiger partial charge in [0.25, 0.3) is 11.8 Å². The number of methoxy groups -OCH3 is 2. The van der Waals surface area contributed by atoms with Crippen LogP contribution in [0.3, 0.4) is 0 Å². The Morgan fingerprint density at radius 2 is 1.28 bits per heavy atom. The Morgan fingerprint density at radius 1 is 0.744 bits per heavy atom. The van der Waals surface area contributed by atoms with Gasteiger partial charge in [0.05, 0.1) is 26.6 Å². The number of hydrogen-bond donors (Lipinski definition) is 3. The van der Waals surface area contributed by atoms with Gasteiger partial charge in [-0.05, 0) is 18.8 Å². The number of nitrogens with zero attached hydrogens (tertiary/aromatic N) is 10. The molecule has 43 heavy (non-hydrogen) atoms. The van der Waals surface area contributed by atoms with Crippen molar-refractivity contribution in [3.8, 4) is 23.9 Å². The number of halogens is 1. The minimum Gasteiger partial charge on any atom is -0.479 e. The summed E-state index contributed by atoms with van der Waals surface area (Å²) < 4.78 is 10.0. The SMILES string of the molecule is COc1nc(Nc2cc(Cl)ncn2)cnc1C#N.COc1nc(Nc2cc(NCC3CCCCC3)ncn2)cnc1C#N. The minimum atomic E-state index is 0.115. The van der Waals surface area contributed by atoms with Crippen LogP contribution in [-0.4, -0.2) is 60.6 Å². The summed E-state index contributed by atoms with van der Waals surface area (Å²) in [5.41, 5.74) is 0.259. The van der Waals surface area contributed by atoms with Gasteiger partial charge in [0, 0.05) is 18.7 Å². The predicted octanol–water partition coefficient (Wildman–Crippen LogP) is 4.43. The molecule has 0 aliphatic heterocycles. The molecule has 1 aliphatic carbocycles. The summed E-state index contributed by atoms with van der Waals surface area (Å²) in [6, 6.07) is 7.17. The molecule has 0 bridgehead atoms. The second-order valence-corrected chi connectivity index (χ2v) is 9.49. The Hall–Kier alpha value is -5.41. The molecule has 4 aromatic heterocycles. The first-order chi connectivity index (χ1) is 21.0. The van der Waals surface area contributed by atoms with Crippen molar-refractivity contribution in [2.24, 2.45) is 5.92 Å². The highest BCUT2D eigenvalue weighted by Crippen LogP contribution is 2.24. The lowest BCUT2D eigenvalue weighted by atomic mass is 9.89. The van der Waals surface area contributed by atoms with E-state index in [-0.39, 0.29) is 23.1 Å². The maximum Gasteiger partial charge on any atom is 0.252 e.